The van der Waals surface area contributed by atoms with Gasteiger partial charge < -0.3 is 15.4 Å². The van der Waals surface area contributed by atoms with Crippen molar-refractivity contribution in [3.8, 4) is 0 Å². The Balaban J connectivity index is 1.65. The second-order valence-corrected chi connectivity index (χ2v) is 4.09. The van der Waals surface area contributed by atoms with Crippen molar-refractivity contribution >= 4 is 5.91 Å². The van der Waals surface area contributed by atoms with E-state index >= 15 is 0 Å². The van der Waals surface area contributed by atoms with Crippen LogP contribution >= 0.6 is 0 Å². The van der Waals surface area contributed by atoms with E-state index in [-0.39, 0.29) is 18.2 Å². The first-order chi connectivity index (χ1) is 7.86. The van der Waals surface area contributed by atoms with Crippen LogP contribution in [0.1, 0.15) is 19.3 Å². The smallest absolute Gasteiger partial charge is 0.262 e. The monoisotopic (exact) mass is 229 g/mol. The van der Waals surface area contributed by atoms with E-state index in [0.29, 0.717) is 13.2 Å². The van der Waals surface area contributed by atoms with Crippen LogP contribution in [-0.2, 0) is 14.4 Å². The summed E-state index contributed by atoms with van der Waals surface area (Å²) in [7, 11) is 0. The zero-order valence-electron chi connectivity index (χ0n) is 9.33. The molecule has 0 aromatic heterocycles. The van der Waals surface area contributed by atoms with E-state index in [1.54, 1.807) is 0 Å². The SMILES string of the molecule is O=C(NOC1CCCCO1)C1CNCCN1. The molecule has 6 heteroatoms. The fraction of sp³-hybridized carbons (Fsp3) is 0.900. The lowest BCUT2D eigenvalue weighted by Crippen LogP contribution is -2.56. The number of nitrogens with one attached hydrogen (secondary N) is 3. The van der Waals surface area contributed by atoms with Gasteiger partial charge in [0.2, 0.25) is 0 Å². The predicted molar refractivity (Wildman–Crippen MR) is 57.5 cm³/mol. The molecule has 2 aliphatic heterocycles. The molecule has 0 bridgehead atoms. The van der Waals surface area contributed by atoms with E-state index in [4.69, 9.17) is 9.57 Å². The minimum Gasteiger partial charge on any atom is -0.350 e. The molecule has 0 aliphatic carbocycles. The van der Waals surface area contributed by atoms with E-state index in [9.17, 15) is 4.79 Å². The van der Waals surface area contributed by atoms with Gasteiger partial charge in [-0.1, -0.05) is 0 Å². The quantitative estimate of drug-likeness (QED) is 0.548. The van der Waals surface area contributed by atoms with E-state index in [2.05, 4.69) is 16.1 Å². The summed E-state index contributed by atoms with van der Waals surface area (Å²) in [5.74, 6) is -0.138. The number of piperazine rings is 1. The minimum absolute atomic E-state index is 0.138. The van der Waals surface area contributed by atoms with Crippen molar-refractivity contribution in [1.29, 1.82) is 0 Å². The zero-order chi connectivity index (χ0) is 11.2. The van der Waals surface area contributed by atoms with Crippen molar-refractivity contribution in [2.75, 3.05) is 26.2 Å². The zero-order valence-corrected chi connectivity index (χ0v) is 9.33. The van der Waals surface area contributed by atoms with Crippen molar-refractivity contribution in [3.63, 3.8) is 0 Å². The molecule has 2 saturated heterocycles. The molecule has 2 atom stereocenters. The summed E-state index contributed by atoms with van der Waals surface area (Å²) in [4.78, 5) is 16.9. The lowest BCUT2D eigenvalue weighted by Gasteiger charge is -2.26. The van der Waals surface area contributed by atoms with Crippen LogP contribution in [-0.4, -0.2) is 44.5 Å². The number of hydrogen-bond donors (Lipinski definition) is 3. The molecule has 2 fully saturated rings. The molecule has 2 rings (SSSR count). The Bertz CT molecular complexity index is 225. The molecule has 2 unspecified atom stereocenters. The highest BCUT2D eigenvalue weighted by Gasteiger charge is 2.22. The Labute approximate surface area is 95.0 Å². The molecule has 2 heterocycles. The van der Waals surface area contributed by atoms with Gasteiger partial charge in [0.25, 0.3) is 5.91 Å². The Hall–Kier alpha value is -0.690. The molecule has 0 spiro atoms. The molecule has 0 aromatic carbocycles. The summed E-state index contributed by atoms with van der Waals surface area (Å²) in [6.45, 7) is 3.05. The largest absolute Gasteiger partial charge is 0.350 e. The number of rotatable bonds is 3. The van der Waals surface area contributed by atoms with Crippen molar-refractivity contribution < 1.29 is 14.4 Å². The first-order valence-corrected chi connectivity index (χ1v) is 5.87. The maximum atomic E-state index is 11.6. The summed E-state index contributed by atoms with van der Waals surface area (Å²) in [5, 5.41) is 6.25. The van der Waals surface area contributed by atoms with Crippen LogP contribution in [0.5, 0.6) is 0 Å². The standard InChI is InChI=1S/C10H19N3O3/c14-10(8-7-11-4-5-12-8)13-16-9-3-1-2-6-15-9/h8-9,11-12H,1-7H2,(H,13,14). The van der Waals surface area contributed by atoms with Gasteiger partial charge in [-0.3, -0.25) is 4.79 Å². The number of amides is 1. The van der Waals surface area contributed by atoms with Gasteiger partial charge in [0, 0.05) is 32.7 Å². The molecular formula is C10H19N3O3. The van der Waals surface area contributed by atoms with E-state index in [1.165, 1.54) is 0 Å². The fourth-order valence-electron chi connectivity index (χ4n) is 1.84. The lowest BCUT2D eigenvalue weighted by molar-refractivity contribution is -0.201. The van der Waals surface area contributed by atoms with Gasteiger partial charge in [0.15, 0.2) is 6.29 Å². The number of hydrogen-bond acceptors (Lipinski definition) is 5. The summed E-state index contributed by atoms with van der Waals surface area (Å²) in [5.41, 5.74) is 2.46. The highest BCUT2D eigenvalue weighted by molar-refractivity contribution is 5.81. The maximum absolute atomic E-state index is 11.6. The third-order valence-corrected chi connectivity index (χ3v) is 2.79. The molecule has 2 aliphatic rings. The molecule has 6 nitrogen and oxygen atoms in total. The molecule has 92 valence electrons. The van der Waals surface area contributed by atoms with Crippen molar-refractivity contribution in [2.24, 2.45) is 0 Å². The van der Waals surface area contributed by atoms with Gasteiger partial charge in [-0.15, -0.1) is 0 Å². The summed E-state index contributed by atoms with van der Waals surface area (Å²) >= 11 is 0. The minimum atomic E-state index is -0.283. The summed E-state index contributed by atoms with van der Waals surface area (Å²) in [6, 6.07) is -0.211. The highest BCUT2D eigenvalue weighted by atomic mass is 16.8. The number of carbonyl (C=O) groups is 1. The fourth-order valence-corrected chi connectivity index (χ4v) is 1.84. The van der Waals surface area contributed by atoms with Gasteiger partial charge in [0.1, 0.15) is 6.04 Å². The molecule has 1 amide bonds. The normalized spacial score (nSPS) is 31.0. The van der Waals surface area contributed by atoms with Gasteiger partial charge >= 0.3 is 0 Å². The Morgan fingerprint density at radius 3 is 3.00 bits per heavy atom. The second kappa shape index (κ2) is 6.15. The van der Waals surface area contributed by atoms with Crippen LogP contribution in [0.2, 0.25) is 0 Å². The van der Waals surface area contributed by atoms with Gasteiger partial charge in [-0.25, -0.2) is 10.3 Å². The Kier molecular flexibility index (Phi) is 4.53. The van der Waals surface area contributed by atoms with Crippen molar-refractivity contribution in [2.45, 2.75) is 31.6 Å². The maximum Gasteiger partial charge on any atom is 0.262 e. The summed E-state index contributed by atoms with van der Waals surface area (Å²) in [6.07, 6.45) is 2.72. The van der Waals surface area contributed by atoms with E-state index in [0.717, 1.165) is 32.4 Å². The van der Waals surface area contributed by atoms with Crippen LogP contribution in [0, 0.1) is 0 Å². The lowest BCUT2D eigenvalue weighted by atomic mass is 10.2. The molecule has 0 saturated carbocycles. The van der Waals surface area contributed by atoms with Crippen LogP contribution in [0.25, 0.3) is 0 Å². The average Bonchev–Trinajstić information content (AvgIpc) is 2.38. The number of hydroxylamine groups is 1. The first kappa shape index (κ1) is 11.8. The van der Waals surface area contributed by atoms with Gasteiger partial charge in [-0.2, -0.15) is 0 Å². The first-order valence-electron chi connectivity index (χ1n) is 5.87. The predicted octanol–water partition coefficient (Wildman–Crippen LogP) is -0.878. The van der Waals surface area contributed by atoms with Crippen LogP contribution < -0.4 is 16.1 Å². The summed E-state index contributed by atoms with van der Waals surface area (Å²) < 4.78 is 5.34. The molecule has 0 aromatic rings. The molecule has 0 radical (unpaired) electrons. The van der Waals surface area contributed by atoms with Crippen molar-refractivity contribution in [1.82, 2.24) is 16.1 Å². The third-order valence-electron chi connectivity index (χ3n) is 2.79. The molecule has 16 heavy (non-hydrogen) atoms. The molecule has 3 N–H and O–H groups in total. The van der Waals surface area contributed by atoms with Crippen LogP contribution in [0.3, 0.4) is 0 Å². The third kappa shape index (κ3) is 3.41. The van der Waals surface area contributed by atoms with E-state index in [1.807, 2.05) is 0 Å². The topological polar surface area (TPSA) is 71.6 Å². The average molecular weight is 229 g/mol. The number of ether oxygens (including phenoxy) is 1. The van der Waals surface area contributed by atoms with Crippen LogP contribution in [0.15, 0.2) is 0 Å². The van der Waals surface area contributed by atoms with Gasteiger partial charge in [0.05, 0.1) is 0 Å². The second-order valence-electron chi connectivity index (χ2n) is 4.09. The Morgan fingerprint density at radius 1 is 1.38 bits per heavy atom. The Morgan fingerprint density at radius 2 is 2.31 bits per heavy atom. The van der Waals surface area contributed by atoms with E-state index < -0.39 is 0 Å². The van der Waals surface area contributed by atoms with Crippen molar-refractivity contribution in [3.05, 3.63) is 0 Å². The number of carbonyl (C=O) groups excluding carboxylic acids is 1. The molecular weight excluding hydrogens is 210 g/mol. The van der Waals surface area contributed by atoms with Gasteiger partial charge in [-0.05, 0) is 12.8 Å². The highest BCUT2D eigenvalue weighted by Crippen LogP contribution is 2.12. The van der Waals surface area contributed by atoms with Crippen LogP contribution in [0.4, 0.5) is 0 Å².